The summed E-state index contributed by atoms with van der Waals surface area (Å²) in [5, 5.41) is 6.79. The van der Waals surface area contributed by atoms with Crippen LogP contribution in [0.15, 0.2) is 49.2 Å². The van der Waals surface area contributed by atoms with Gasteiger partial charge in [0, 0.05) is 11.6 Å². The molecule has 0 saturated carbocycles. The fourth-order valence-corrected chi connectivity index (χ4v) is 4.64. The summed E-state index contributed by atoms with van der Waals surface area (Å²) < 4.78 is 26.9. The molecule has 4 rings (SSSR count). The lowest BCUT2D eigenvalue weighted by Crippen LogP contribution is -2.34. The minimum atomic E-state index is -3.36. The molecule has 1 atom stereocenters. The van der Waals surface area contributed by atoms with Gasteiger partial charge in [-0.05, 0) is 49.2 Å². The normalized spacial score (nSPS) is 16.1. The number of benzene rings is 1. The van der Waals surface area contributed by atoms with Gasteiger partial charge in [-0.3, -0.25) is 9.10 Å². The Balaban J connectivity index is 1.53. The number of carbonyl (C=O) groups is 1. The topological polar surface area (TPSA) is 110 Å². The van der Waals surface area contributed by atoms with Gasteiger partial charge in [-0.15, -0.1) is 0 Å². The van der Waals surface area contributed by atoms with Gasteiger partial charge < -0.3 is 5.32 Å². The van der Waals surface area contributed by atoms with Gasteiger partial charge >= 0.3 is 0 Å². The zero-order chi connectivity index (χ0) is 19.9. The minimum absolute atomic E-state index is 0.170. The molecular weight excluding hydrogens is 380 g/mol. The van der Waals surface area contributed by atoms with E-state index in [1.165, 1.54) is 34.1 Å². The summed E-state index contributed by atoms with van der Waals surface area (Å²) in [6.07, 6.45) is 6.24. The van der Waals surface area contributed by atoms with Crippen LogP contribution in [0.4, 0.5) is 11.4 Å². The van der Waals surface area contributed by atoms with E-state index in [9.17, 15) is 13.2 Å². The molecule has 0 saturated heterocycles. The highest BCUT2D eigenvalue weighted by Gasteiger charge is 2.32. The van der Waals surface area contributed by atoms with Crippen LogP contribution in [0, 0.1) is 0 Å². The number of hydrogen-bond donors (Lipinski definition) is 1. The van der Waals surface area contributed by atoms with Crippen LogP contribution >= 0.6 is 0 Å². The molecule has 3 aromatic rings. The molecule has 0 bridgehead atoms. The Bertz CT molecular complexity index is 1130. The van der Waals surface area contributed by atoms with Crippen LogP contribution in [0.3, 0.4) is 0 Å². The predicted octanol–water partition coefficient (Wildman–Crippen LogP) is 1.63. The molecule has 144 valence electrons. The Morgan fingerprint density at radius 1 is 1.25 bits per heavy atom. The van der Waals surface area contributed by atoms with E-state index in [1.54, 1.807) is 30.3 Å². The Kier molecular flexibility index (Phi) is 4.34. The van der Waals surface area contributed by atoms with Gasteiger partial charge in [-0.1, -0.05) is 0 Å². The molecule has 0 spiro atoms. The van der Waals surface area contributed by atoms with E-state index < -0.39 is 10.0 Å². The van der Waals surface area contributed by atoms with Crippen molar-refractivity contribution in [3.63, 3.8) is 0 Å². The van der Waals surface area contributed by atoms with Crippen LogP contribution < -0.4 is 9.62 Å². The van der Waals surface area contributed by atoms with Crippen molar-refractivity contribution < 1.29 is 13.2 Å². The van der Waals surface area contributed by atoms with Gasteiger partial charge in [0.25, 0.3) is 5.91 Å². The Hall–Kier alpha value is -3.27. The number of fused-ring (bicyclic) bond motifs is 1. The first-order valence-electron chi connectivity index (χ1n) is 8.57. The fourth-order valence-electron chi connectivity index (χ4n) is 3.37. The van der Waals surface area contributed by atoms with E-state index >= 15 is 0 Å². The molecule has 0 fully saturated rings. The molecule has 1 aliphatic heterocycles. The molecule has 0 unspecified atom stereocenters. The average molecular weight is 398 g/mol. The van der Waals surface area contributed by atoms with Crippen molar-refractivity contribution in [3.8, 4) is 5.82 Å². The number of amides is 1. The zero-order valence-corrected chi connectivity index (χ0v) is 16.1. The van der Waals surface area contributed by atoms with Crippen LogP contribution in [0.1, 0.15) is 22.8 Å². The highest BCUT2D eigenvalue weighted by atomic mass is 32.2. The Morgan fingerprint density at radius 3 is 2.71 bits per heavy atom. The Labute approximate surface area is 162 Å². The Morgan fingerprint density at radius 2 is 2.07 bits per heavy atom. The van der Waals surface area contributed by atoms with Crippen LogP contribution in [-0.4, -0.2) is 46.4 Å². The first-order chi connectivity index (χ1) is 13.3. The lowest BCUT2D eigenvalue weighted by molar-refractivity contribution is 0.102. The van der Waals surface area contributed by atoms with Gasteiger partial charge in [0.1, 0.15) is 12.7 Å². The summed E-state index contributed by atoms with van der Waals surface area (Å²) in [5.41, 5.74) is 2.47. The standard InChI is InChI=1S/C18H18N6O3S/c1-12-7-14-8-13(3-5-16(14)24(12)28(2,26)27)18(25)22-15-4-6-17(20-9-15)23-11-19-10-21-23/h3-6,8-12H,7H2,1-2H3,(H,22,25)/t12-/m0/s1. The molecule has 0 radical (unpaired) electrons. The van der Waals surface area contributed by atoms with Crippen molar-refractivity contribution in [2.24, 2.45) is 0 Å². The molecule has 0 aliphatic carbocycles. The van der Waals surface area contributed by atoms with Gasteiger partial charge in [0.15, 0.2) is 5.82 Å². The van der Waals surface area contributed by atoms with Gasteiger partial charge in [-0.2, -0.15) is 5.10 Å². The van der Waals surface area contributed by atoms with E-state index in [0.29, 0.717) is 29.2 Å². The largest absolute Gasteiger partial charge is 0.321 e. The summed E-state index contributed by atoms with van der Waals surface area (Å²) in [6, 6.07) is 8.32. The molecule has 2 aromatic heterocycles. The number of hydrogen-bond acceptors (Lipinski definition) is 6. The van der Waals surface area contributed by atoms with Crippen molar-refractivity contribution >= 4 is 27.3 Å². The highest BCUT2D eigenvalue weighted by Crippen LogP contribution is 2.34. The van der Waals surface area contributed by atoms with Crippen molar-refractivity contribution in [1.29, 1.82) is 0 Å². The molecule has 1 N–H and O–H groups in total. The number of nitrogens with one attached hydrogen (secondary N) is 1. The lowest BCUT2D eigenvalue weighted by Gasteiger charge is -2.21. The second kappa shape index (κ2) is 6.71. The monoisotopic (exact) mass is 398 g/mol. The number of rotatable bonds is 4. The number of carbonyl (C=O) groups excluding carboxylic acids is 1. The van der Waals surface area contributed by atoms with E-state index in [-0.39, 0.29) is 11.9 Å². The van der Waals surface area contributed by atoms with Crippen molar-refractivity contribution in [1.82, 2.24) is 19.7 Å². The van der Waals surface area contributed by atoms with Crippen LogP contribution in [0.25, 0.3) is 5.82 Å². The van der Waals surface area contributed by atoms with Gasteiger partial charge in [0.2, 0.25) is 10.0 Å². The maximum atomic E-state index is 12.6. The minimum Gasteiger partial charge on any atom is -0.321 e. The molecule has 9 nitrogen and oxygen atoms in total. The summed E-state index contributed by atoms with van der Waals surface area (Å²) in [7, 11) is -3.36. The van der Waals surface area contributed by atoms with Crippen molar-refractivity contribution in [2.45, 2.75) is 19.4 Å². The summed E-state index contributed by atoms with van der Waals surface area (Å²) in [6.45, 7) is 1.85. The molecule has 28 heavy (non-hydrogen) atoms. The summed E-state index contributed by atoms with van der Waals surface area (Å²) >= 11 is 0. The number of pyridine rings is 1. The predicted molar refractivity (Wildman–Crippen MR) is 104 cm³/mol. The van der Waals surface area contributed by atoms with Crippen LogP contribution in [0.5, 0.6) is 0 Å². The highest BCUT2D eigenvalue weighted by molar-refractivity contribution is 7.92. The summed E-state index contributed by atoms with van der Waals surface area (Å²) in [4.78, 5) is 20.7. The van der Waals surface area contributed by atoms with E-state index in [1.807, 2.05) is 6.92 Å². The van der Waals surface area contributed by atoms with Crippen LogP contribution in [0.2, 0.25) is 0 Å². The number of anilines is 2. The first kappa shape index (κ1) is 18.1. The van der Waals surface area contributed by atoms with Crippen molar-refractivity contribution in [2.75, 3.05) is 15.9 Å². The average Bonchev–Trinajstić information content (AvgIpc) is 3.27. The maximum Gasteiger partial charge on any atom is 0.255 e. The second-order valence-electron chi connectivity index (χ2n) is 6.65. The smallest absolute Gasteiger partial charge is 0.255 e. The number of nitrogens with zero attached hydrogens (tertiary/aromatic N) is 5. The van der Waals surface area contributed by atoms with Crippen molar-refractivity contribution in [3.05, 3.63) is 60.3 Å². The SMILES string of the molecule is C[C@H]1Cc2cc(C(=O)Nc3ccc(-n4cncn4)nc3)ccc2N1S(C)(=O)=O. The molecule has 1 aromatic carbocycles. The quantitative estimate of drug-likeness (QED) is 0.715. The zero-order valence-electron chi connectivity index (χ0n) is 15.3. The lowest BCUT2D eigenvalue weighted by atomic mass is 10.1. The fraction of sp³-hybridized carbons (Fsp3) is 0.222. The van der Waals surface area contributed by atoms with Gasteiger partial charge in [-0.25, -0.2) is 23.1 Å². The molecular formula is C18H18N6O3S. The number of aromatic nitrogens is 4. The van der Waals surface area contributed by atoms with Gasteiger partial charge in [0.05, 0.1) is 23.8 Å². The number of sulfonamides is 1. The third-order valence-corrected chi connectivity index (χ3v) is 5.78. The van der Waals surface area contributed by atoms with E-state index in [4.69, 9.17) is 0 Å². The second-order valence-corrected chi connectivity index (χ2v) is 8.51. The van der Waals surface area contributed by atoms with Crippen LogP contribution in [-0.2, 0) is 16.4 Å². The maximum absolute atomic E-state index is 12.6. The molecule has 1 amide bonds. The third kappa shape index (κ3) is 3.33. The third-order valence-electron chi connectivity index (χ3n) is 4.51. The summed E-state index contributed by atoms with van der Waals surface area (Å²) in [5.74, 6) is 0.298. The first-order valence-corrected chi connectivity index (χ1v) is 10.4. The molecule has 3 heterocycles. The van der Waals surface area contributed by atoms with E-state index in [2.05, 4.69) is 20.4 Å². The molecule has 1 aliphatic rings. The van der Waals surface area contributed by atoms with E-state index in [0.717, 1.165) is 5.56 Å². The molecule has 10 heteroatoms.